The molecule has 3 aromatic rings. The number of amides is 1. The van der Waals surface area contributed by atoms with E-state index in [1.165, 1.54) is 17.3 Å². The highest BCUT2D eigenvalue weighted by atomic mass is 32.2. The van der Waals surface area contributed by atoms with Crippen LogP contribution in [-0.4, -0.2) is 27.9 Å². The summed E-state index contributed by atoms with van der Waals surface area (Å²) in [6.07, 6.45) is 0. The standard InChI is InChI=1S/C18H17N3O3S/c1-10-3-5-13-14(7-10)21-18(20-13)25-11(2)17(22)19-12-4-6-15-16(8-12)24-9-23-15/h3-8,11H,9H2,1-2H3,(H,19,22)(H,20,21)/t11-/m0/s1. The number of aromatic nitrogens is 2. The van der Waals surface area contributed by atoms with Gasteiger partial charge in [-0.05, 0) is 43.7 Å². The van der Waals surface area contributed by atoms with Crippen LogP contribution in [0.4, 0.5) is 5.69 Å². The number of H-pyrrole nitrogens is 1. The Morgan fingerprint density at radius 1 is 1.24 bits per heavy atom. The van der Waals surface area contributed by atoms with Crippen LogP contribution in [-0.2, 0) is 4.79 Å². The van der Waals surface area contributed by atoms with Gasteiger partial charge in [0.1, 0.15) is 0 Å². The zero-order valence-corrected chi connectivity index (χ0v) is 14.6. The van der Waals surface area contributed by atoms with E-state index in [9.17, 15) is 4.79 Å². The van der Waals surface area contributed by atoms with E-state index in [0.717, 1.165) is 16.2 Å². The zero-order valence-electron chi connectivity index (χ0n) is 13.8. The molecular weight excluding hydrogens is 338 g/mol. The van der Waals surface area contributed by atoms with Gasteiger partial charge in [-0.1, -0.05) is 17.8 Å². The fraction of sp³-hybridized carbons (Fsp3) is 0.222. The van der Waals surface area contributed by atoms with Gasteiger partial charge < -0.3 is 19.8 Å². The first-order valence-corrected chi connectivity index (χ1v) is 8.80. The van der Waals surface area contributed by atoms with Crippen LogP contribution in [0.15, 0.2) is 41.6 Å². The molecule has 0 saturated carbocycles. The van der Waals surface area contributed by atoms with Gasteiger partial charge in [-0.15, -0.1) is 0 Å². The maximum atomic E-state index is 12.4. The first kappa shape index (κ1) is 15.8. The van der Waals surface area contributed by atoms with Crippen molar-refractivity contribution in [1.82, 2.24) is 9.97 Å². The number of ether oxygens (including phenoxy) is 2. The average Bonchev–Trinajstić information content (AvgIpc) is 3.19. The summed E-state index contributed by atoms with van der Waals surface area (Å²) in [5, 5.41) is 3.33. The summed E-state index contributed by atoms with van der Waals surface area (Å²) in [4.78, 5) is 20.2. The highest BCUT2D eigenvalue weighted by Gasteiger charge is 2.19. The molecule has 0 bridgehead atoms. The van der Waals surface area contributed by atoms with Gasteiger partial charge in [0.2, 0.25) is 12.7 Å². The van der Waals surface area contributed by atoms with Crippen molar-refractivity contribution in [3.63, 3.8) is 0 Å². The molecule has 1 atom stereocenters. The second kappa shape index (κ2) is 6.33. The number of aromatic amines is 1. The van der Waals surface area contributed by atoms with Crippen LogP contribution in [0.1, 0.15) is 12.5 Å². The Balaban J connectivity index is 1.44. The van der Waals surface area contributed by atoms with Gasteiger partial charge in [0.15, 0.2) is 16.7 Å². The lowest BCUT2D eigenvalue weighted by Gasteiger charge is -2.11. The fourth-order valence-electron chi connectivity index (χ4n) is 2.60. The van der Waals surface area contributed by atoms with Crippen molar-refractivity contribution in [3.8, 4) is 11.5 Å². The van der Waals surface area contributed by atoms with Crippen molar-refractivity contribution >= 4 is 34.4 Å². The van der Waals surface area contributed by atoms with Gasteiger partial charge in [-0.3, -0.25) is 4.79 Å². The molecule has 4 rings (SSSR count). The second-order valence-electron chi connectivity index (χ2n) is 5.88. The zero-order chi connectivity index (χ0) is 17.4. The Labute approximate surface area is 148 Å². The molecule has 0 spiro atoms. The smallest absolute Gasteiger partial charge is 0.237 e. The van der Waals surface area contributed by atoms with Gasteiger partial charge >= 0.3 is 0 Å². The molecule has 0 aliphatic carbocycles. The number of carbonyl (C=O) groups is 1. The number of imidazole rings is 1. The van der Waals surface area contributed by atoms with Crippen LogP contribution in [0.25, 0.3) is 11.0 Å². The minimum absolute atomic E-state index is 0.0968. The first-order chi connectivity index (χ1) is 12.1. The van der Waals surface area contributed by atoms with E-state index >= 15 is 0 Å². The van der Waals surface area contributed by atoms with Gasteiger partial charge in [-0.2, -0.15) is 0 Å². The summed E-state index contributed by atoms with van der Waals surface area (Å²) in [7, 11) is 0. The number of nitrogens with zero attached hydrogens (tertiary/aromatic N) is 1. The van der Waals surface area contributed by atoms with Gasteiger partial charge in [0.05, 0.1) is 16.3 Å². The molecule has 128 valence electrons. The molecule has 2 heterocycles. The molecule has 0 radical (unpaired) electrons. The number of rotatable bonds is 4. The quantitative estimate of drug-likeness (QED) is 0.698. The molecule has 7 heteroatoms. The third kappa shape index (κ3) is 3.28. The van der Waals surface area contributed by atoms with Crippen LogP contribution in [0.3, 0.4) is 0 Å². The van der Waals surface area contributed by atoms with Crippen LogP contribution in [0.2, 0.25) is 0 Å². The highest BCUT2D eigenvalue weighted by molar-refractivity contribution is 8.00. The molecule has 2 aromatic carbocycles. The number of hydrogen-bond donors (Lipinski definition) is 2. The fourth-order valence-corrected chi connectivity index (χ4v) is 3.42. The van der Waals surface area contributed by atoms with Crippen molar-refractivity contribution < 1.29 is 14.3 Å². The number of anilines is 1. The lowest BCUT2D eigenvalue weighted by molar-refractivity contribution is -0.115. The van der Waals surface area contributed by atoms with E-state index in [-0.39, 0.29) is 18.0 Å². The second-order valence-corrected chi connectivity index (χ2v) is 7.21. The summed E-state index contributed by atoms with van der Waals surface area (Å²) >= 11 is 1.39. The number of nitrogens with one attached hydrogen (secondary N) is 2. The molecular formula is C18H17N3O3S. The Bertz CT molecular complexity index is 954. The van der Waals surface area contributed by atoms with Crippen LogP contribution < -0.4 is 14.8 Å². The van der Waals surface area contributed by atoms with Crippen LogP contribution >= 0.6 is 11.8 Å². The lowest BCUT2D eigenvalue weighted by atomic mass is 10.2. The molecule has 1 aromatic heterocycles. The minimum Gasteiger partial charge on any atom is -0.454 e. The summed E-state index contributed by atoms with van der Waals surface area (Å²) < 4.78 is 10.6. The molecule has 6 nitrogen and oxygen atoms in total. The van der Waals surface area contributed by atoms with Crippen molar-refractivity contribution in [2.45, 2.75) is 24.3 Å². The number of thioether (sulfide) groups is 1. The molecule has 1 amide bonds. The number of fused-ring (bicyclic) bond motifs is 2. The third-order valence-electron chi connectivity index (χ3n) is 3.91. The molecule has 1 aliphatic heterocycles. The largest absolute Gasteiger partial charge is 0.454 e. The van der Waals surface area contributed by atoms with Crippen molar-refractivity contribution in [3.05, 3.63) is 42.0 Å². The number of aryl methyl sites for hydroxylation is 1. The predicted octanol–water partition coefficient (Wildman–Crippen LogP) is 3.72. The van der Waals surface area contributed by atoms with Gasteiger partial charge in [-0.25, -0.2) is 4.98 Å². The SMILES string of the molecule is Cc1ccc2nc(S[C@@H](C)C(=O)Nc3ccc4c(c3)OCO4)[nH]c2c1. The molecule has 25 heavy (non-hydrogen) atoms. The average molecular weight is 355 g/mol. The Kier molecular flexibility index (Phi) is 4.01. The van der Waals surface area contributed by atoms with E-state index in [1.54, 1.807) is 18.2 Å². The molecule has 0 saturated heterocycles. The number of benzene rings is 2. The Morgan fingerprint density at radius 3 is 2.96 bits per heavy atom. The van der Waals surface area contributed by atoms with E-state index in [1.807, 2.05) is 32.0 Å². The predicted molar refractivity (Wildman–Crippen MR) is 97.3 cm³/mol. The number of carbonyl (C=O) groups excluding carboxylic acids is 1. The maximum absolute atomic E-state index is 12.4. The summed E-state index contributed by atoms with van der Waals surface area (Å²) in [5.41, 5.74) is 3.73. The molecule has 0 fully saturated rings. The first-order valence-electron chi connectivity index (χ1n) is 7.92. The van der Waals surface area contributed by atoms with Crippen molar-refractivity contribution in [2.24, 2.45) is 0 Å². The molecule has 1 aliphatic rings. The normalized spacial score (nSPS) is 13.8. The van der Waals surface area contributed by atoms with Crippen molar-refractivity contribution in [2.75, 3.05) is 12.1 Å². The Hall–Kier alpha value is -2.67. The highest BCUT2D eigenvalue weighted by Crippen LogP contribution is 2.34. The summed E-state index contributed by atoms with van der Waals surface area (Å²) in [6, 6.07) is 11.4. The lowest BCUT2D eigenvalue weighted by Crippen LogP contribution is -2.22. The van der Waals surface area contributed by atoms with Crippen LogP contribution in [0.5, 0.6) is 11.5 Å². The molecule has 2 N–H and O–H groups in total. The van der Waals surface area contributed by atoms with Gasteiger partial charge in [0, 0.05) is 11.8 Å². The Morgan fingerprint density at radius 2 is 2.08 bits per heavy atom. The molecule has 0 unspecified atom stereocenters. The van der Waals surface area contributed by atoms with E-state index in [4.69, 9.17) is 9.47 Å². The topological polar surface area (TPSA) is 76.2 Å². The van der Waals surface area contributed by atoms with Gasteiger partial charge in [0.25, 0.3) is 0 Å². The monoisotopic (exact) mass is 355 g/mol. The maximum Gasteiger partial charge on any atom is 0.237 e. The van der Waals surface area contributed by atoms with E-state index < -0.39 is 0 Å². The van der Waals surface area contributed by atoms with E-state index in [0.29, 0.717) is 17.2 Å². The number of hydrogen-bond acceptors (Lipinski definition) is 5. The van der Waals surface area contributed by atoms with Crippen LogP contribution in [0, 0.1) is 6.92 Å². The van der Waals surface area contributed by atoms with E-state index in [2.05, 4.69) is 15.3 Å². The minimum atomic E-state index is -0.299. The summed E-state index contributed by atoms with van der Waals surface area (Å²) in [5.74, 6) is 1.24. The van der Waals surface area contributed by atoms with Crippen molar-refractivity contribution in [1.29, 1.82) is 0 Å². The summed E-state index contributed by atoms with van der Waals surface area (Å²) in [6.45, 7) is 4.10. The third-order valence-corrected chi connectivity index (χ3v) is 4.90.